The Morgan fingerprint density at radius 3 is 2.69 bits per heavy atom. The summed E-state index contributed by atoms with van der Waals surface area (Å²) >= 11 is 0. The van der Waals surface area contributed by atoms with Crippen molar-refractivity contribution in [3.63, 3.8) is 0 Å². The maximum Gasteiger partial charge on any atom is 0.274 e. The number of H-pyrrole nitrogens is 1. The van der Waals surface area contributed by atoms with Crippen LogP contribution in [-0.4, -0.2) is 27.5 Å². The van der Waals surface area contributed by atoms with E-state index in [0.717, 1.165) is 0 Å². The molecule has 29 heavy (non-hydrogen) atoms. The van der Waals surface area contributed by atoms with Crippen LogP contribution in [0.5, 0.6) is 0 Å². The zero-order valence-corrected chi connectivity index (χ0v) is 15.6. The zero-order valence-electron chi connectivity index (χ0n) is 15.6. The maximum absolute atomic E-state index is 13.7. The van der Waals surface area contributed by atoms with Crippen LogP contribution in [0.4, 0.5) is 15.9 Å². The molecule has 4 rings (SSSR count). The van der Waals surface area contributed by atoms with E-state index < -0.39 is 5.82 Å². The van der Waals surface area contributed by atoms with Gasteiger partial charge in [0.05, 0.1) is 17.6 Å². The predicted octanol–water partition coefficient (Wildman–Crippen LogP) is 2.77. The number of carbonyl (C=O) groups excluding carboxylic acids is 1. The van der Waals surface area contributed by atoms with E-state index in [2.05, 4.69) is 9.97 Å². The molecule has 0 atom stereocenters. The lowest BCUT2D eigenvalue weighted by atomic mass is 10.2. The first-order valence-electron chi connectivity index (χ1n) is 8.90. The van der Waals surface area contributed by atoms with Crippen LogP contribution in [0.25, 0.3) is 11.0 Å². The fourth-order valence-electron chi connectivity index (χ4n) is 3.17. The second-order valence-electron chi connectivity index (χ2n) is 6.62. The van der Waals surface area contributed by atoms with Crippen LogP contribution in [0.2, 0.25) is 0 Å². The van der Waals surface area contributed by atoms with Crippen molar-refractivity contribution in [3.05, 3.63) is 88.2 Å². The average Bonchev–Trinajstić information content (AvgIpc) is 3.10. The molecule has 3 aromatic heterocycles. The lowest BCUT2D eigenvalue weighted by Gasteiger charge is -2.19. The number of fused-ring (bicyclic) bond motifs is 1. The first-order valence-corrected chi connectivity index (χ1v) is 8.90. The van der Waals surface area contributed by atoms with E-state index in [9.17, 15) is 14.0 Å². The molecule has 3 N–H and O–H groups in total. The molecule has 0 radical (unpaired) electrons. The predicted molar refractivity (Wildman–Crippen MR) is 109 cm³/mol. The van der Waals surface area contributed by atoms with Gasteiger partial charge in [0.1, 0.15) is 5.69 Å². The normalized spacial score (nSPS) is 11.0. The Bertz CT molecular complexity index is 1220. The highest BCUT2D eigenvalue weighted by atomic mass is 19.1. The zero-order chi connectivity index (χ0) is 20.5. The third-order valence-electron chi connectivity index (χ3n) is 4.68. The molecule has 3 heterocycles. The average molecular weight is 391 g/mol. The number of aromatic nitrogens is 3. The number of hydrogen-bond acceptors (Lipinski definition) is 4. The molecule has 1 aromatic carbocycles. The van der Waals surface area contributed by atoms with Crippen LogP contribution >= 0.6 is 0 Å². The second-order valence-corrected chi connectivity index (χ2v) is 6.62. The summed E-state index contributed by atoms with van der Waals surface area (Å²) in [5.74, 6) is -1.14. The highest BCUT2D eigenvalue weighted by Crippen LogP contribution is 2.19. The SMILES string of the molecule is CN(C(=O)c1cccc(=O)n1Cc1cc2nc(N)c(F)cc2[nH]1)c1ccccc1. The molecule has 0 saturated heterocycles. The van der Waals surface area contributed by atoms with Gasteiger partial charge in [0.25, 0.3) is 11.5 Å². The Hall–Kier alpha value is -3.94. The van der Waals surface area contributed by atoms with Crippen molar-refractivity contribution in [2.24, 2.45) is 0 Å². The summed E-state index contributed by atoms with van der Waals surface area (Å²) in [6, 6.07) is 16.6. The standard InChI is InChI=1S/C21H18FN5O2/c1-26(14-6-3-2-4-7-14)21(29)18-8-5-9-19(28)27(18)12-13-10-16-17(24-13)11-15(22)20(23)25-16/h2-11,24H,12H2,1H3,(H2,23,25). The third-order valence-corrected chi connectivity index (χ3v) is 4.68. The van der Waals surface area contributed by atoms with E-state index in [0.29, 0.717) is 22.4 Å². The van der Waals surface area contributed by atoms with Gasteiger partial charge in [0.2, 0.25) is 0 Å². The van der Waals surface area contributed by atoms with Crippen LogP contribution in [0.3, 0.4) is 0 Å². The highest BCUT2D eigenvalue weighted by Gasteiger charge is 2.18. The molecular weight excluding hydrogens is 373 g/mol. The van der Waals surface area contributed by atoms with Gasteiger partial charge >= 0.3 is 0 Å². The number of anilines is 2. The Morgan fingerprint density at radius 2 is 1.93 bits per heavy atom. The van der Waals surface area contributed by atoms with Crippen molar-refractivity contribution < 1.29 is 9.18 Å². The molecule has 1 amide bonds. The number of hydrogen-bond donors (Lipinski definition) is 2. The van der Waals surface area contributed by atoms with Gasteiger partial charge < -0.3 is 15.6 Å². The maximum atomic E-state index is 13.7. The van der Waals surface area contributed by atoms with E-state index in [-0.39, 0.29) is 29.5 Å². The minimum Gasteiger partial charge on any atom is -0.381 e. The number of pyridine rings is 2. The van der Waals surface area contributed by atoms with Crippen molar-refractivity contribution in [2.45, 2.75) is 6.54 Å². The molecule has 0 spiro atoms. The Morgan fingerprint density at radius 1 is 1.17 bits per heavy atom. The Labute approximate surface area is 165 Å². The third kappa shape index (κ3) is 3.47. The van der Waals surface area contributed by atoms with Crippen molar-refractivity contribution in [2.75, 3.05) is 17.7 Å². The van der Waals surface area contributed by atoms with E-state index in [1.54, 1.807) is 25.2 Å². The Balaban J connectivity index is 1.72. The number of para-hydroxylation sites is 1. The number of benzene rings is 1. The van der Waals surface area contributed by atoms with Crippen LogP contribution in [-0.2, 0) is 6.54 Å². The molecule has 0 saturated carbocycles. The lowest BCUT2D eigenvalue weighted by Crippen LogP contribution is -2.33. The lowest BCUT2D eigenvalue weighted by molar-refractivity contribution is 0.0983. The molecule has 0 aliphatic carbocycles. The van der Waals surface area contributed by atoms with Gasteiger partial charge in [-0.25, -0.2) is 9.37 Å². The van der Waals surface area contributed by atoms with Gasteiger partial charge in [-0.1, -0.05) is 24.3 Å². The minimum absolute atomic E-state index is 0.0985. The summed E-state index contributed by atoms with van der Waals surface area (Å²) in [6.45, 7) is 0.0985. The number of amides is 1. The topological polar surface area (TPSA) is 97.0 Å². The first-order chi connectivity index (χ1) is 13.9. The second kappa shape index (κ2) is 7.23. The first kappa shape index (κ1) is 18.4. The van der Waals surface area contributed by atoms with Crippen molar-refractivity contribution in [3.8, 4) is 0 Å². The van der Waals surface area contributed by atoms with E-state index in [1.165, 1.54) is 21.6 Å². The highest BCUT2D eigenvalue weighted by molar-refractivity contribution is 6.04. The fourth-order valence-corrected chi connectivity index (χ4v) is 3.17. The monoisotopic (exact) mass is 391 g/mol. The van der Waals surface area contributed by atoms with E-state index in [4.69, 9.17) is 5.73 Å². The quantitative estimate of drug-likeness (QED) is 0.559. The summed E-state index contributed by atoms with van der Waals surface area (Å²) in [5.41, 5.74) is 7.69. The van der Waals surface area contributed by atoms with Crippen molar-refractivity contribution >= 4 is 28.4 Å². The molecule has 7 nitrogen and oxygen atoms in total. The molecule has 0 aliphatic heterocycles. The summed E-state index contributed by atoms with van der Waals surface area (Å²) in [6.07, 6.45) is 0. The number of nitrogen functional groups attached to an aromatic ring is 1. The number of nitrogens with one attached hydrogen (secondary N) is 1. The summed E-state index contributed by atoms with van der Waals surface area (Å²) in [7, 11) is 1.65. The van der Waals surface area contributed by atoms with Gasteiger partial charge in [-0.15, -0.1) is 0 Å². The molecule has 4 aromatic rings. The number of halogens is 1. The number of nitrogens with two attached hydrogens (primary N) is 1. The number of carbonyl (C=O) groups is 1. The van der Waals surface area contributed by atoms with Gasteiger partial charge in [-0.05, 0) is 24.3 Å². The number of rotatable bonds is 4. The summed E-state index contributed by atoms with van der Waals surface area (Å²) < 4.78 is 15.0. The molecule has 8 heteroatoms. The number of aromatic amines is 1. The molecular formula is C21H18FN5O2. The largest absolute Gasteiger partial charge is 0.381 e. The van der Waals surface area contributed by atoms with Gasteiger partial charge in [0.15, 0.2) is 11.6 Å². The van der Waals surface area contributed by atoms with E-state index in [1.807, 2.05) is 30.3 Å². The van der Waals surface area contributed by atoms with Crippen LogP contribution in [0.1, 0.15) is 16.2 Å². The molecule has 0 bridgehead atoms. The minimum atomic E-state index is -0.622. The van der Waals surface area contributed by atoms with Crippen molar-refractivity contribution in [1.82, 2.24) is 14.5 Å². The summed E-state index contributed by atoms with van der Waals surface area (Å²) in [4.78, 5) is 34.1. The fraction of sp³-hybridized carbons (Fsp3) is 0.0952. The molecule has 0 fully saturated rings. The smallest absolute Gasteiger partial charge is 0.274 e. The van der Waals surface area contributed by atoms with E-state index >= 15 is 0 Å². The molecule has 0 unspecified atom stereocenters. The van der Waals surface area contributed by atoms with Gasteiger partial charge in [-0.3, -0.25) is 14.2 Å². The van der Waals surface area contributed by atoms with Crippen LogP contribution < -0.4 is 16.2 Å². The van der Waals surface area contributed by atoms with Crippen LogP contribution in [0, 0.1) is 5.82 Å². The van der Waals surface area contributed by atoms with Crippen LogP contribution in [0.15, 0.2) is 65.5 Å². The number of nitrogens with zero attached hydrogens (tertiary/aromatic N) is 3. The summed E-state index contributed by atoms with van der Waals surface area (Å²) in [5, 5.41) is 0. The van der Waals surface area contributed by atoms with Gasteiger partial charge in [-0.2, -0.15) is 0 Å². The van der Waals surface area contributed by atoms with Gasteiger partial charge in [0, 0.05) is 30.6 Å². The van der Waals surface area contributed by atoms with Crippen molar-refractivity contribution in [1.29, 1.82) is 0 Å². The molecule has 146 valence electrons. The molecule has 0 aliphatic rings. The Kier molecular flexibility index (Phi) is 4.59.